The summed E-state index contributed by atoms with van der Waals surface area (Å²) in [6.45, 7) is 0. The number of sulfone groups is 1. The Morgan fingerprint density at radius 1 is 1.33 bits per heavy atom. The third-order valence-electron chi connectivity index (χ3n) is 2.33. The Morgan fingerprint density at radius 3 is 2.39 bits per heavy atom. The molecular weight excluding hydrogens is 260 g/mol. The monoisotopic (exact) mass is 274 g/mol. The molecule has 1 unspecified atom stereocenters. The number of aliphatic hydroxyl groups excluding tert-OH is 1. The largest absolute Gasteiger partial charge is 0.495 e. The molecule has 18 heavy (non-hydrogen) atoms. The van der Waals surface area contributed by atoms with Gasteiger partial charge in [0.2, 0.25) is 0 Å². The molecule has 0 bridgehead atoms. The summed E-state index contributed by atoms with van der Waals surface area (Å²) < 4.78 is 32.4. The summed E-state index contributed by atoms with van der Waals surface area (Å²) in [6, 6.07) is 3.96. The number of ether oxygens (including phenoxy) is 2. The Kier molecular flexibility index (Phi) is 4.31. The maximum Gasteiger partial charge on any atom is 0.339 e. The topological polar surface area (TPSA) is 89.9 Å². The second kappa shape index (κ2) is 5.36. The lowest BCUT2D eigenvalue weighted by molar-refractivity contribution is -0.150. The summed E-state index contributed by atoms with van der Waals surface area (Å²) in [7, 11) is -1.06. The molecule has 1 N–H and O–H groups in total. The number of methoxy groups -OCH3 is 2. The molecule has 0 saturated carbocycles. The van der Waals surface area contributed by atoms with Gasteiger partial charge in [0, 0.05) is 6.26 Å². The van der Waals surface area contributed by atoms with Crippen molar-refractivity contribution in [2.75, 3.05) is 20.5 Å². The first kappa shape index (κ1) is 14.5. The van der Waals surface area contributed by atoms with E-state index in [9.17, 15) is 18.3 Å². The molecule has 6 nitrogen and oxygen atoms in total. The minimum atomic E-state index is -3.52. The summed E-state index contributed by atoms with van der Waals surface area (Å²) in [5.74, 6) is -0.710. The number of hydrogen-bond acceptors (Lipinski definition) is 6. The molecule has 100 valence electrons. The Balaban J connectivity index is 3.32. The van der Waals surface area contributed by atoms with E-state index in [0.29, 0.717) is 0 Å². The molecule has 1 aromatic rings. The highest BCUT2D eigenvalue weighted by molar-refractivity contribution is 7.90. The zero-order valence-electron chi connectivity index (χ0n) is 10.2. The van der Waals surface area contributed by atoms with Crippen LogP contribution in [0.3, 0.4) is 0 Å². The van der Waals surface area contributed by atoms with Crippen LogP contribution in [-0.2, 0) is 19.4 Å². The van der Waals surface area contributed by atoms with E-state index >= 15 is 0 Å². The third-order valence-corrected chi connectivity index (χ3v) is 3.45. The van der Waals surface area contributed by atoms with E-state index < -0.39 is 21.9 Å². The highest BCUT2D eigenvalue weighted by Crippen LogP contribution is 2.27. The van der Waals surface area contributed by atoms with Crippen molar-refractivity contribution in [1.29, 1.82) is 0 Å². The van der Waals surface area contributed by atoms with Crippen molar-refractivity contribution < 1.29 is 27.8 Å². The number of aliphatic hydroxyl groups is 1. The van der Waals surface area contributed by atoms with Gasteiger partial charge in [-0.05, 0) is 17.7 Å². The predicted molar refractivity (Wildman–Crippen MR) is 63.1 cm³/mol. The zero-order chi connectivity index (χ0) is 13.9. The van der Waals surface area contributed by atoms with Gasteiger partial charge in [0.05, 0.1) is 14.2 Å². The quantitative estimate of drug-likeness (QED) is 0.794. The van der Waals surface area contributed by atoms with Gasteiger partial charge in [0.1, 0.15) is 10.6 Å². The molecule has 0 radical (unpaired) electrons. The van der Waals surface area contributed by atoms with Crippen molar-refractivity contribution >= 4 is 15.8 Å². The summed E-state index contributed by atoms with van der Waals surface area (Å²) in [4.78, 5) is 11.1. The van der Waals surface area contributed by atoms with E-state index in [1.807, 2.05) is 0 Å². The van der Waals surface area contributed by atoms with Crippen LogP contribution in [0.15, 0.2) is 23.1 Å². The van der Waals surface area contributed by atoms with Crippen LogP contribution in [0.2, 0.25) is 0 Å². The van der Waals surface area contributed by atoms with Crippen LogP contribution in [0.5, 0.6) is 5.75 Å². The van der Waals surface area contributed by atoms with Gasteiger partial charge in [-0.25, -0.2) is 13.2 Å². The van der Waals surface area contributed by atoms with E-state index in [1.165, 1.54) is 25.3 Å². The molecule has 0 spiro atoms. The molecule has 0 fully saturated rings. The summed E-state index contributed by atoms with van der Waals surface area (Å²) >= 11 is 0. The lowest BCUT2D eigenvalue weighted by atomic mass is 10.1. The second-order valence-corrected chi connectivity index (χ2v) is 5.59. The van der Waals surface area contributed by atoms with Crippen LogP contribution in [0.1, 0.15) is 11.7 Å². The molecule has 1 aromatic carbocycles. The van der Waals surface area contributed by atoms with Crippen molar-refractivity contribution in [2.45, 2.75) is 11.0 Å². The van der Waals surface area contributed by atoms with Crippen LogP contribution in [0.4, 0.5) is 0 Å². The fraction of sp³-hybridized carbons (Fsp3) is 0.364. The van der Waals surface area contributed by atoms with Crippen LogP contribution in [-0.4, -0.2) is 40.0 Å². The maximum atomic E-state index is 11.5. The molecule has 0 heterocycles. The third kappa shape index (κ3) is 2.99. The van der Waals surface area contributed by atoms with Gasteiger partial charge in [-0.2, -0.15) is 0 Å². The Hall–Kier alpha value is -1.60. The zero-order valence-corrected chi connectivity index (χ0v) is 11.0. The number of carbonyl (C=O) groups excluding carboxylic acids is 1. The maximum absolute atomic E-state index is 11.5. The molecule has 1 rings (SSSR count). The normalized spacial score (nSPS) is 12.9. The van der Waals surface area contributed by atoms with Crippen molar-refractivity contribution in [1.82, 2.24) is 0 Å². The summed E-state index contributed by atoms with van der Waals surface area (Å²) in [5.41, 5.74) is 0.128. The smallest absolute Gasteiger partial charge is 0.339 e. The van der Waals surface area contributed by atoms with Crippen LogP contribution >= 0.6 is 0 Å². The standard InChI is InChI=1S/C11H14O6S/c1-16-8-5-4-7(10(12)11(13)17-2)6-9(8)18(3,14)15/h4-6,10,12H,1-3H3. The van der Waals surface area contributed by atoms with Gasteiger partial charge >= 0.3 is 5.97 Å². The van der Waals surface area contributed by atoms with Gasteiger partial charge < -0.3 is 14.6 Å². The number of carbonyl (C=O) groups is 1. The number of hydrogen-bond donors (Lipinski definition) is 1. The first-order chi connectivity index (χ1) is 8.31. The molecular formula is C11H14O6S. The van der Waals surface area contributed by atoms with E-state index in [1.54, 1.807) is 0 Å². The fourth-order valence-corrected chi connectivity index (χ4v) is 2.27. The first-order valence-corrected chi connectivity index (χ1v) is 6.84. The molecule has 0 aromatic heterocycles. The minimum absolute atomic E-state index is 0.0922. The first-order valence-electron chi connectivity index (χ1n) is 4.95. The molecule has 0 aliphatic carbocycles. The predicted octanol–water partition coefficient (Wildman–Crippen LogP) is 0.305. The number of esters is 1. The van der Waals surface area contributed by atoms with Crippen LogP contribution in [0, 0.1) is 0 Å². The second-order valence-electron chi connectivity index (χ2n) is 3.61. The number of rotatable bonds is 4. The van der Waals surface area contributed by atoms with E-state index in [2.05, 4.69) is 4.74 Å². The van der Waals surface area contributed by atoms with Crippen molar-refractivity contribution in [2.24, 2.45) is 0 Å². The van der Waals surface area contributed by atoms with Gasteiger partial charge in [-0.3, -0.25) is 0 Å². The average molecular weight is 274 g/mol. The fourth-order valence-electron chi connectivity index (χ4n) is 1.40. The van der Waals surface area contributed by atoms with Crippen LogP contribution < -0.4 is 4.74 Å². The molecule has 0 amide bonds. The molecule has 0 aliphatic heterocycles. The summed E-state index contributed by atoms with van der Waals surface area (Å²) in [6.07, 6.45) is -0.513. The van der Waals surface area contributed by atoms with Gasteiger partial charge in [-0.1, -0.05) is 6.07 Å². The van der Waals surface area contributed by atoms with E-state index in [0.717, 1.165) is 13.4 Å². The molecule has 0 aliphatic rings. The lowest BCUT2D eigenvalue weighted by Gasteiger charge is -2.12. The molecule has 1 atom stereocenters. The minimum Gasteiger partial charge on any atom is -0.495 e. The van der Waals surface area contributed by atoms with Crippen molar-refractivity contribution in [3.05, 3.63) is 23.8 Å². The van der Waals surface area contributed by atoms with E-state index in [4.69, 9.17) is 4.74 Å². The van der Waals surface area contributed by atoms with Gasteiger partial charge in [-0.15, -0.1) is 0 Å². The Morgan fingerprint density at radius 2 is 1.94 bits per heavy atom. The molecule has 0 saturated heterocycles. The highest BCUT2D eigenvalue weighted by atomic mass is 32.2. The van der Waals surface area contributed by atoms with Gasteiger partial charge in [0.25, 0.3) is 0 Å². The SMILES string of the molecule is COC(=O)C(O)c1ccc(OC)c(S(C)(=O)=O)c1. The Bertz CT molecular complexity index is 549. The van der Waals surface area contributed by atoms with Crippen LogP contribution in [0.25, 0.3) is 0 Å². The average Bonchev–Trinajstić information content (AvgIpc) is 2.35. The Labute approximate surface area is 105 Å². The van der Waals surface area contributed by atoms with Gasteiger partial charge in [0.15, 0.2) is 15.9 Å². The van der Waals surface area contributed by atoms with Crippen molar-refractivity contribution in [3.63, 3.8) is 0 Å². The lowest BCUT2D eigenvalue weighted by Crippen LogP contribution is -2.14. The molecule has 7 heteroatoms. The summed E-state index contributed by atoms with van der Waals surface area (Å²) in [5, 5.41) is 9.63. The highest BCUT2D eigenvalue weighted by Gasteiger charge is 2.22. The van der Waals surface area contributed by atoms with Crippen molar-refractivity contribution in [3.8, 4) is 5.75 Å². The number of benzene rings is 1. The van der Waals surface area contributed by atoms with E-state index in [-0.39, 0.29) is 16.2 Å².